The predicted molar refractivity (Wildman–Crippen MR) is 92.9 cm³/mol. The van der Waals surface area contributed by atoms with Gasteiger partial charge in [-0.05, 0) is 64.7 Å². The zero-order chi connectivity index (χ0) is 18.6. The highest BCUT2D eigenvalue weighted by molar-refractivity contribution is 6.33. The van der Waals surface area contributed by atoms with Crippen molar-refractivity contribution in [1.82, 2.24) is 5.48 Å². The highest BCUT2D eigenvalue weighted by atomic mass is 35.5. The van der Waals surface area contributed by atoms with E-state index >= 15 is 0 Å². The molecule has 0 heterocycles. The molecule has 0 atom stereocenters. The van der Waals surface area contributed by atoms with Gasteiger partial charge < -0.3 is 9.47 Å². The summed E-state index contributed by atoms with van der Waals surface area (Å²) in [5.74, 6) is -0.346. The van der Waals surface area contributed by atoms with Crippen LogP contribution in [-0.4, -0.2) is 28.8 Å². The Morgan fingerprint density at radius 2 is 1.84 bits per heavy atom. The summed E-state index contributed by atoms with van der Waals surface area (Å²) < 4.78 is 11.3. The maximum atomic E-state index is 12.1. The van der Waals surface area contributed by atoms with Crippen molar-refractivity contribution in [3.05, 3.63) is 28.8 Å². The van der Waals surface area contributed by atoms with E-state index < -0.39 is 11.5 Å². The Morgan fingerprint density at radius 3 is 2.36 bits per heavy atom. The number of esters is 1. The normalized spacial score (nSPS) is 20.7. The standard InChI is InChI=1S/C18H24ClNO5/c1-18(2,3)25-17(22)11-4-6-12(7-5-11)24-13-8-9-14(15(19)10-13)16(21)20-23/h8-12,23H,4-7H2,1-3H3,(H,20,21). The lowest BCUT2D eigenvalue weighted by Crippen LogP contribution is -2.33. The Balaban J connectivity index is 1.89. The summed E-state index contributed by atoms with van der Waals surface area (Å²) in [5, 5.41) is 8.86. The van der Waals surface area contributed by atoms with Gasteiger partial charge in [-0.1, -0.05) is 11.6 Å². The minimum absolute atomic E-state index is 0.00716. The average Bonchev–Trinajstić information content (AvgIpc) is 2.53. The molecule has 0 aromatic heterocycles. The van der Waals surface area contributed by atoms with E-state index in [0.29, 0.717) is 5.75 Å². The minimum Gasteiger partial charge on any atom is -0.490 e. The molecule has 1 aromatic carbocycles. The van der Waals surface area contributed by atoms with Crippen molar-refractivity contribution in [2.75, 3.05) is 0 Å². The van der Waals surface area contributed by atoms with Crippen molar-refractivity contribution >= 4 is 23.5 Å². The highest BCUT2D eigenvalue weighted by Crippen LogP contribution is 2.31. The van der Waals surface area contributed by atoms with Gasteiger partial charge in [0.05, 0.1) is 22.6 Å². The van der Waals surface area contributed by atoms with Crippen molar-refractivity contribution in [3.8, 4) is 5.75 Å². The summed E-state index contributed by atoms with van der Waals surface area (Å²) in [6.07, 6.45) is 2.93. The third-order valence-electron chi connectivity index (χ3n) is 4.00. The summed E-state index contributed by atoms with van der Waals surface area (Å²) >= 11 is 6.03. The molecular weight excluding hydrogens is 346 g/mol. The van der Waals surface area contributed by atoms with Crippen molar-refractivity contribution in [2.24, 2.45) is 5.92 Å². The first kappa shape index (κ1) is 19.5. The van der Waals surface area contributed by atoms with E-state index in [1.54, 1.807) is 17.6 Å². The number of benzene rings is 1. The van der Waals surface area contributed by atoms with Crippen LogP contribution in [-0.2, 0) is 9.53 Å². The van der Waals surface area contributed by atoms with Gasteiger partial charge in [0.15, 0.2) is 0 Å². The first-order valence-electron chi connectivity index (χ1n) is 8.33. The number of amides is 1. The number of carbonyl (C=O) groups is 2. The average molecular weight is 370 g/mol. The Morgan fingerprint density at radius 1 is 1.20 bits per heavy atom. The zero-order valence-corrected chi connectivity index (χ0v) is 15.4. The third kappa shape index (κ3) is 5.61. The lowest BCUT2D eigenvalue weighted by atomic mass is 9.87. The van der Waals surface area contributed by atoms with Crippen molar-refractivity contribution < 1.29 is 24.3 Å². The van der Waals surface area contributed by atoms with Gasteiger partial charge in [-0.15, -0.1) is 0 Å². The fourth-order valence-electron chi connectivity index (χ4n) is 2.81. The molecule has 0 bridgehead atoms. The van der Waals surface area contributed by atoms with Crippen molar-refractivity contribution in [2.45, 2.75) is 58.2 Å². The number of hydrogen-bond acceptors (Lipinski definition) is 5. The lowest BCUT2D eigenvalue weighted by molar-refractivity contribution is -0.161. The Hall–Kier alpha value is -1.79. The highest BCUT2D eigenvalue weighted by Gasteiger charge is 2.30. The van der Waals surface area contributed by atoms with Crippen LogP contribution in [0.4, 0.5) is 0 Å². The molecule has 0 radical (unpaired) electrons. The lowest BCUT2D eigenvalue weighted by Gasteiger charge is -2.30. The van der Waals surface area contributed by atoms with E-state index in [4.69, 9.17) is 26.3 Å². The number of rotatable bonds is 4. The van der Waals surface area contributed by atoms with Crippen LogP contribution >= 0.6 is 11.6 Å². The monoisotopic (exact) mass is 369 g/mol. The second kappa shape index (κ2) is 8.06. The molecule has 1 saturated carbocycles. The quantitative estimate of drug-likeness (QED) is 0.479. The fraction of sp³-hybridized carbons (Fsp3) is 0.556. The van der Waals surface area contributed by atoms with Crippen LogP contribution in [0, 0.1) is 5.92 Å². The van der Waals surface area contributed by atoms with Crippen molar-refractivity contribution in [3.63, 3.8) is 0 Å². The molecule has 0 aliphatic heterocycles. The number of hydroxylamine groups is 1. The van der Waals surface area contributed by atoms with E-state index in [1.165, 1.54) is 6.07 Å². The van der Waals surface area contributed by atoms with E-state index in [-0.39, 0.29) is 28.6 Å². The van der Waals surface area contributed by atoms with E-state index in [2.05, 4.69) is 0 Å². The maximum absolute atomic E-state index is 12.1. The van der Waals surface area contributed by atoms with E-state index in [9.17, 15) is 9.59 Å². The van der Waals surface area contributed by atoms with E-state index in [1.807, 2.05) is 20.8 Å². The zero-order valence-electron chi connectivity index (χ0n) is 14.7. The molecule has 1 aliphatic rings. The molecular formula is C18H24ClNO5. The van der Waals surface area contributed by atoms with Crippen LogP contribution in [0.1, 0.15) is 56.8 Å². The van der Waals surface area contributed by atoms with Crippen LogP contribution in [0.15, 0.2) is 18.2 Å². The van der Waals surface area contributed by atoms with Gasteiger partial charge in [0.1, 0.15) is 11.4 Å². The number of hydrogen-bond donors (Lipinski definition) is 2. The van der Waals surface area contributed by atoms with Gasteiger partial charge in [-0.25, -0.2) is 5.48 Å². The molecule has 1 aromatic rings. The Labute approximate surface area is 152 Å². The Bertz CT molecular complexity index is 633. The molecule has 1 amide bonds. The summed E-state index contributed by atoms with van der Waals surface area (Å²) in [7, 11) is 0. The fourth-order valence-corrected chi connectivity index (χ4v) is 3.06. The summed E-state index contributed by atoms with van der Waals surface area (Å²) in [4.78, 5) is 23.5. The molecule has 1 aliphatic carbocycles. The molecule has 138 valence electrons. The van der Waals surface area contributed by atoms with Crippen molar-refractivity contribution in [1.29, 1.82) is 0 Å². The smallest absolute Gasteiger partial charge is 0.309 e. The predicted octanol–water partition coefficient (Wildman–Crippen LogP) is 3.74. The van der Waals surface area contributed by atoms with Gasteiger partial charge in [0, 0.05) is 0 Å². The second-order valence-corrected chi connectivity index (χ2v) is 7.61. The van der Waals surface area contributed by atoms with Gasteiger partial charge in [0.2, 0.25) is 0 Å². The summed E-state index contributed by atoms with van der Waals surface area (Å²) in [6.45, 7) is 5.60. The topological polar surface area (TPSA) is 84.9 Å². The van der Waals surface area contributed by atoms with E-state index in [0.717, 1.165) is 25.7 Å². The largest absolute Gasteiger partial charge is 0.490 e. The summed E-state index contributed by atoms with van der Waals surface area (Å²) in [6, 6.07) is 4.68. The third-order valence-corrected chi connectivity index (χ3v) is 4.32. The van der Waals surface area contributed by atoms with Gasteiger partial charge >= 0.3 is 5.97 Å². The molecule has 1 fully saturated rings. The molecule has 25 heavy (non-hydrogen) atoms. The van der Waals surface area contributed by atoms with Crippen LogP contribution in [0.3, 0.4) is 0 Å². The number of carbonyl (C=O) groups excluding carboxylic acids is 2. The van der Waals surface area contributed by atoms with Crippen LogP contribution < -0.4 is 10.2 Å². The van der Waals surface area contributed by atoms with Crippen LogP contribution in [0.25, 0.3) is 0 Å². The Kier molecular flexibility index (Phi) is 6.30. The number of nitrogens with one attached hydrogen (secondary N) is 1. The van der Waals surface area contributed by atoms with Crippen LogP contribution in [0.2, 0.25) is 5.02 Å². The number of halogens is 1. The maximum Gasteiger partial charge on any atom is 0.309 e. The minimum atomic E-state index is -0.672. The first-order valence-corrected chi connectivity index (χ1v) is 8.71. The first-order chi connectivity index (χ1) is 11.7. The number of ether oxygens (including phenoxy) is 2. The molecule has 0 unspecified atom stereocenters. The SMILES string of the molecule is CC(C)(C)OC(=O)C1CCC(Oc2ccc(C(=O)NO)c(Cl)c2)CC1. The van der Waals surface area contributed by atoms with Gasteiger partial charge in [0.25, 0.3) is 5.91 Å². The molecule has 2 rings (SSSR count). The van der Waals surface area contributed by atoms with Gasteiger partial charge in [-0.3, -0.25) is 14.8 Å². The molecule has 0 saturated heterocycles. The van der Waals surface area contributed by atoms with Gasteiger partial charge in [-0.2, -0.15) is 0 Å². The molecule has 7 heteroatoms. The molecule has 6 nitrogen and oxygen atoms in total. The summed E-state index contributed by atoms with van der Waals surface area (Å²) in [5.41, 5.74) is 1.25. The van der Waals surface area contributed by atoms with Crippen LogP contribution in [0.5, 0.6) is 5.75 Å². The molecule has 0 spiro atoms. The molecule has 2 N–H and O–H groups in total. The second-order valence-electron chi connectivity index (χ2n) is 7.21.